The van der Waals surface area contributed by atoms with Gasteiger partial charge in [0.2, 0.25) is 5.91 Å². The van der Waals surface area contributed by atoms with E-state index < -0.39 is 0 Å². The molecular formula is C13H27N3O2. The van der Waals surface area contributed by atoms with E-state index in [1.807, 2.05) is 0 Å². The highest BCUT2D eigenvalue weighted by Gasteiger charge is 2.40. The molecule has 1 amide bonds. The second kappa shape index (κ2) is 5.55. The molecule has 1 aliphatic rings. The zero-order chi connectivity index (χ0) is 14.0. The van der Waals surface area contributed by atoms with Crippen LogP contribution >= 0.6 is 0 Å². The Balaban J connectivity index is 2.76. The molecule has 1 heterocycles. The van der Waals surface area contributed by atoms with E-state index in [1.54, 1.807) is 7.05 Å². The van der Waals surface area contributed by atoms with Crippen LogP contribution in [0, 0.1) is 0 Å². The molecule has 1 rings (SSSR count). The summed E-state index contributed by atoms with van der Waals surface area (Å²) < 4.78 is 6.03. The average Bonchev–Trinajstić information content (AvgIpc) is 2.20. The van der Waals surface area contributed by atoms with Gasteiger partial charge in [-0.25, -0.2) is 0 Å². The van der Waals surface area contributed by atoms with Crippen LogP contribution in [0.15, 0.2) is 0 Å². The molecule has 0 saturated carbocycles. The zero-order valence-electron chi connectivity index (χ0n) is 12.2. The summed E-state index contributed by atoms with van der Waals surface area (Å²) >= 11 is 0. The van der Waals surface area contributed by atoms with E-state index in [4.69, 9.17) is 10.5 Å². The highest BCUT2D eigenvalue weighted by atomic mass is 16.5. The number of hydrogen-bond donors (Lipinski definition) is 2. The van der Waals surface area contributed by atoms with Gasteiger partial charge < -0.3 is 15.8 Å². The van der Waals surface area contributed by atoms with E-state index in [0.29, 0.717) is 13.0 Å². The number of nitrogens with zero attached hydrogens (tertiary/aromatic N) is 1. The quantitative estimate of drug-likeness (QED) is 0.762. The van der Waals surface area contributed by atoms with Crippen molar-refractivity contribution in [3.05, 3.63) is 0 Å². The minimum Gasteiger partial charge on any atom is -0.367 e. The number of amides is 1. The molecule has 0 aromatic heterocycles. The molecule has 0 bridgehead atoms. The average molecular weight is 257 g/mol. The van der Waals surface area contributed by atoms with E-state index in [1.165, 1.54) is 0 Å². The summed E-state index contributed by atoms with van der Waals surface area (Å²) in [7, 11) is 1.66. The minimum atomic E-state index is -0.210. The Morgan fingerprint density at radius 3 is 2.22 bits per heavy atom. The fourth-order valence-corrected chi connectivity index (χ4v) is 2.78. The van der Waals surface area contributed by atoms with Crippen molar-refractivity contribution in [3.8, 4) is 0 Å². The Labute approximate surface area is 110 Å². The van der Waals surface area contributed by atoms with Gasteiger partial charge >= 0.3 is 0 Å². The highest BCUT2D eigenvalue weighted by molar-refractivity contribution is 5.76. The van der Waals surface area contributed by atoms with Crippen LogP contribution in [0.2, 0.25) is 0 Å². The molecule has 5 nitrogen and oxygen atoms in total. The van der Waals surface area contributed by atoms with Crippen LogP contribution in [0.1, 0.15) is 34.1 Å². The van der Waals surface area contributed by atoms with Crippen molar-refractivity contribution in [2.24, 2.45) is 5.73 Å². The number of morpholine rings is 1. The molecule has 3 N–H and O–H groups in total. The van der Waals surface area contributed by atoms with E-state index in [-0.39, 0.29) is 23.2 Å². The summed E-state index contributed by atoms with van der Waals surface area (Å²) in [4.78, 5) is 13.8. The number of nitrogens with one attached hydrogen (secondary N) is 1. The summed E-state index contributed by atoms with van der Waals surface area (Å²) in [5, 5.41) is 2.66. The number of carbonyl (C=O) groups excluding carboxylic acids is 1. The van der Waals surface area contributed by atoms with Gasteiger partial charge in [-0.05, 0) is 27.7 Å². The normalized spacial score (nSPS) is 24.6. The van der Waals surface area contributed by atoms with Crippen molar-refractivity contribution in [1.82, 2.24) is 10.2 Å². The molecule has 106 valence electrons. The number of rotatable bonds is 4. The van der Waals surface area contributed by atoms with Gasteiger partial charge in [-0.3, -0.25) is 9.69 Å². The van der Waals surface area contributed by atoms with E-state index in [2.05, 4.69) is 37.9 Å². The van der Waals surface area contributed by atoms with Crippen molar-refractivity contribution >= 4 is 5.91 Å². The third-order valence-corrected chi connectivity index (χ3v) is 3.21. The van der Waals surface area contributed by atoms with Gasteiger partial charge in [0.1, 0.15) is 0 Å². The maximum absolute atomic E-state index is 11.5. The van der Waals surface area contributed by atoms with Gasteiger partial charge in [0.15, 0.2) is 0 Å². The van der Waals surface area contributed by atoms with Crippen LogP contribution < -0.4 is 11.1 Å². The first kappa shape index (κ1) is 15.4. The first-order valence-electron chi connectivity index (χ1n) is 6.54. The molecular weight excluding hydrogens is 230 g/mol. The molecule has 0 aromatic carbocycles. The summed E-state index contributed by atoms with van der Waals surface area (Å²) in [6.07, 6.45) is 0.444. The number of carbonyl (C=O) groups is 1. The van der Waals surface area contributed by atoms with E-state index in [9.17, 15) is 4.79 Å². The van der Waals surface area contributed by atoms with Crippen molar-refractivity contribution in [1.29, 1.82) is 0 Å². The third-order valence-electron chi connectivity index (χ3n) is 3.21. The highest BCUT2D eigenvalue weighted by Crippen LogP contribution is 2.29. The van der Waals surface area contributed by atoms with Crippen LogP contribution in [0.25, 0.3) is 0 Å². The second-order valence-electron chi connectivity index (χ2n) is 6.29. The van der Waals surface area contributed by atoms with E-state index >= 15 is 0 Å². The predicted octanol–water partition coefficient (Wildman–Crippen LogP) is 0.339. The van der Waals surface area contributed by atoms with Gasteiger partial charge in [-0.2, -0.15) is 0 Å². The standard InChI is InChI=1S/C13H27N3O2/c1-12(2)8-16(9-13(3,4)18-12)10(7-14)6-11(17)15-5/h10H,6-9,14H2,1-5H3,(H,15,17). The van der Waals surface area contributed by atoms with Crippen molar-refractivity contribution in [2.75, 3.05) is 26.7 Å². The molecule has 1 fully saturated rings. The Morgan fingerprint density at radius 1 is 1.33 bits per heavy atom. The van der Waals surface area contributed by atoms with E-state index in [0.717, 1.165) is 13.1 Å². The lowest BCUT2D eigenvalue weighted by Crippen LogP contribution is -2.61. The zero-order valence-corrected chi connectivity index (χ0v) is 12.2. The number of hydrogen-bond acceptors (Lipinski definition) is 4. The molecule has 0 spiro atoms. The molecule has 1 unspecified atom stereocenters. The molecule has 5 heteroatoms. The molecule has 1 saturated heterocycles. The molecule has 18 heavy (non-hydrogen) atoms. The second-order valence-corrected chi connectivity index (χ2v) is 6.29. The fourth-order valence-electron chi connectivity index (χ4n) is 2.78. The first-order valence-corrected chi connectivity index (χ1v) is 6.54. The smallest absolute Gasteiger partial charge is 0.221 e. The summed E-state index contributed by atoms with van der Waals surface area (Å²) in [6, 6.07) is 0.0763. The van der Waals surface area contributed by atoms with Crippen LogP contribution in [0.4, 0.5) is 0 Å². The Kier molecular flexibility index (Phi) is 4.75. The predicted molar refractivity (Wildman–Crippen MR) is 72.3 cm³/mol. The van der Waals surface area contributed by atoms with Crippen molar-refractivity contribution in [2.45, 2.75) is 51.4 Å². The molecule has 0 aliphatic carbocycles. The van der Waals surface area contributed by atoms with Gasteiger partial charge in [0.25, 0.3) is 0 Å². The first-order chi connectivity index (χ1) is 8.19. The topological polar surface area (TPSA) is 67.6 Å². The lowest BCUT2D eigenvalue weighted by molar-refractivity contribution is -0.187. The molecule has 0 aromatic rings. The minimum absolute atomic E-state index is 0.0348. The maximum Gasteiger partial charge on any atom is 0.221 e. The van der Waals surface area contributed by atoms with Crippen LogP contribution in [0.3, 0.4) is 0 Å². The van der Waals surface area contributed by atoms with Gasteiger partial charge in [0, 0.05) is 39.1 Å². The molecule has 0 radical (unpaired) electrons. The van der Waals surface area contributed by atoms with Crippen LogP contribution in [-0.2, 0) is 9.53 Å². The molecule has 1 atom stereocenters. The van der Waals surface area contributed by atoms with Crippen molar-refractivity contribution < 1.29 is 9.53 Å². The Bertz CT molecular complexity index is 287. The van der Waals surface area contributed by atoms with Crippen LogP contribution in [0.5, 0.6) is 0 Å². The lowest BCUT2D eigenvalue weighted by Gasteiger charge is -2.49. The summed E-state index contributed by atoms with van der Waals surface area (Å²) in [5.74, 6) is 0.0348. The lowest BCUT2D eigenvalue weighted by atomic mass is 9.96. The van der Waals surface area contributed by atoms with Crippen molar-refractivity contribution in [3.63, 3.8) is 0 Å². The SMILES string of the molecule is CNC(=O)CC(CN)N1CC(C)(C)OC(C)(C)C1. The maximum atomic E-state index is 11.5. The summed E-state index contributed by atoms with van der Waals surface area (Å²) in [6.45, 7) is 10.4. The number of ether oxygens (including phenoxy) is 1. The number of nitrogens with two attached hydrogens (primary N) is 1. The monoisotopic (exact) mass is 257 g/mol. The Hall–Kier alpha value is -0.650. The van der Waals surface area contributed by atoms with Gasteiger partial charge in [-0.1, -0.05) is 0 Å². The largest absolute Gasteiger partial charge is 0.367 e. The molecule has 1 aliphatic heterocycles. The third kappa shape index (κ3) is 4.23. The van der Waals surface area contributed by atoms with Crippen LogP contribution in [-0.4, -0.2) is 54.7 Å². The summed E-state index contributed by atoms with van der Waals surface area (Å²) in [5.41, 5.74) is 5.40. The fraction of sp³-hybridized carbons (Fsp3) is 0.923. The Morgan fingerprint density at radius 2 is 1.83 bits per heavy atom. The van der Waals surface area contributed by atoms with Gasteiger partial charge in [0.05, 0.1) is 11.2 Å². The van der Waals surface area contributed by atoms with Gasteiger partial charge in [-0.15, -0.1) is 0 Å².